The third-order valence-corrected chi connectivity index (χ3v) is 7.75. The second kappa shape index (κ2) is 9.74. The normalized spacial score (nSPS) is 23.1. The molecular weight excluding hydrogens is 471 g/mol. The summed E-state index contributed by atoms with van der Waals surface area (Å²) in [5, 5.41) is 1.92. The summed E-state index contributed by atoms with van der Waals surface area (Å²) in [6.45, 7) is 1.17. The molecule has 0 radical (unpaired) electrons. The van der Waals surface area contributed by atoms with Crippen LogP contribution in [0.4, 0.5) is 0 Å². The molecule has 9 nitrogen and oxygen atoms in total. The maximum atomic E-state index is 13.0. The first-order valence-corrected chi connectivity index (χ1v) is 12.5. The van der Waals surface area contributed by atoms with Crippen molar-refractivity contribution in [2.45, 2.75) is 49.9 Å². The minimum atomic E-state index is -0.663. The van der Waals surface area contributed by atoms with Crippen molar-refractivity contribution in [3.8, 4) is 5.75 Å². The molecule has 2 fully saturated rings. The molecule has 0 saturated carbocycles. The number of nitrogens with one attached hydrogen (secondary N) is 1. The van der Waals surface area contributed by atoms with Gasteiger partial charge in [0.05, 0.1) is 6.54 Å². The Hall–Kier alpha value is -3.53. The lowest BCUT2D eigenvalue weighted by Crippen LogP contribution is -2.65. The molecule has 3 aliphatic heterocycles. The minimum absolute atomic E-state index is 0.0191. The monoisotopic (exact) mass is 499 g/mol. The molecule has 3 heterocycles. The van der Waals surface area contributed by atoms with Crippen LogP contribution in [-0.4, -0.2) is 81.0 Å². The van der Waals surface area contributed by atoms with E-state index in [-0.39, 0.29) is 43.3 Å². The highest BCUT2D eigenvalue weighted by Gasteiger charge is 2.41. The number of ether oxygens (including phenoxy) is 2. The summed E-state index contributed by atoms with van der Waals surface area (Å²) in [5.41, 5.74) is 3.24. The van der Waals surface area contributed by atoms with Crippen molar-refractivity contribution < 1.29 is 28.7 Å². The summed E-state index contributed by atoms with van der Waals surface area (Å²) in [4.78, 5) is 52.7. The van der Waals surface area contributed by atoms with Crippen molar-refractivity contribution in [3.63, 3.8) is 0 Å². The molecule has 0 aliphatic carbocycles. The third-order valence-electron chi connectivity index (χ3n) is 7.75. The van der Waals surface area contributed by atoms with E-state index < -0.39 is 17.3 Å². The first kappa shape index (κ1) is 25.1. The van der Waals surface area contributed by atoms with Gasteiger partial charge in [0.1, 0.15) is 48.5 Å². The lowest BCUT2D eigenvalue weighted by molar-refractivity contribution is -0.150. The standard InChI is InChI=1S/C25H28B3N3O6/c26-24-25(27,28)31(21(33)13-37-24)10-14-4-6-15(7-5-14)12-36-19-3-1-2-16-17(19)11-30(23(16)35)18-8-9-20(32)29-22(18)34/h1-7,18,24H,8-13,26-28H2,(H,29,32,34). The fourth-order valence-electron chi connectivity index (χ4n) is 5.09. The van der Waals surface area contributed by atoms with E-state index in [0.717, 1.165) is 16.7 Å². The van der Waals surface area contributed by atoms with Gasteiger partial charge in [-0.25, -0.2) is 0 Å². The number of carbonyl (C=O) groups is 4. The molecule has 2 unspecified atom stereocenters. The highest BCUT2D eigenvalue weighted by Crippen LogP contribution is 2.34. The number of benzene rings is 2. The Bertz CT molecular complexity index is 1270. The van der Waals surface area contributed by atoms with Crippen LogP contribution in [0.1, 0.15) is 39.9 Å². The van der Waals surface area contributed by atoms with E-state index in [1.165, 1.54) is 4.90 Å². The molecule has 1 N–H and O–H groups in total. The summed E-state index contributed by atoms with van der Waals surface area (Å²) in [7, 11) is 6.01. The predicted octanol–water partition coefficient (Wildman–Crippen LogP) is -1.74. The molecule has 0 bridgehead atoms. The summed E-state index contributed by atoms with van der Waals surface area (Å²) in [5.74, 6) is -0.394. The van der Waals surface area contributed by atoms with Crippen LogP contribution in [-0.2, 0) is 38.8 Å². The fraction of sp³-hybridized carbons (Fsp3) is 0.360. The van der Waals surface area contributed by atoms with Crippen LogP contribution in [0.25, 0.3) is 0 Å². The molecule has 188 valence electrons. The minimum Gasteiger partial charge on any atom is -0.489 e. The van der Waals surface area contributed by atoms with Gasteiger partial charge in [-0.2, -0.15) is 0 Å². The van der Waals surface area contributed by atoms with Crippen molar-refractivity contribution in [3.05, 3.63) is 64.7 Å². The highest BCUT2D eigenvalue weighted by molar-refractivity contribution is 6.44. The van der Waals surface area contributed by atoms with Crippen LogP contribution < -0.4 is 10.1 Å². The Morgan fingerprint density at radius 3 is 2.51 bits per heavy atom. The summed E-state index contributed by atoms with van der Waals surface area (Å²) < 4.78 is 11.7. The van der Waals surface area contributed by atoms with Crippen LogP contribution in [0.15, 0.2) is 42.5 Å². The van der Waals surface area contributed by atoms with Gasteiger partial charge in [-0.05, 0) is 35.0 Å². The van der Waals surface area contributed by atoms with Crippen LogP contribution >= 0.6 is 0 Å². The first-order chi connectivity index (χ1) is 17.6. The molecule has 12 heteroatoms. The summed E-state index contributed by atoms with van der Waals surface area (Å²) >= 11 is 0. The van der Waals surface area contributed by atoms with E-state index in [2.05, 4.69) is 5.32 Å². The van der Waals surface area contributed by atoms with E-state index in [9.17, 15) is 19.2 Å². The zero-order valence-corrected chi connectivity index (χ0v) is 21.3. The number of imide groups is 1. The Kier molecular flexibility index (Phi) is 6.62. The largest absolute Gasteiger partial charge is 0.489 e. The SMILES string of the molecule is BC1OCC(=O)N(Cc2ccc(COc3cccc4c3CN(C3CCC(=O)NC3=O)C4=O)cc2)C1(B)B. The van der Waals surface area contributed by atoms with Gasteiger partial charge >= 0.3 is 0 Å². The van der Waals surface area contributed by atoms with Gasteiger partial charge < -0.3 is 19.3 Å². The Balaban J connectivity index is 1.24. The van der Waals surface area contributed by atoms with Crippen LogP contribution in [0.2, 0.25) is 0 Å². The predicted molar refractivity (Wildman–Crippen MR) is 142 cm³/mol. The van der Waals surface area contributed by atoms with Crippen LogP contribution in [0, 0.1) is 0 Å². The van der Waals surface area contributed by atoms with Crippen LogP contribution in [0.3, 0.4) is 0 Å². The van der Waals surface area contributed by atoms with Crippen molar-refractivity contribution in [2.75, 3.05) is 6.61 Å². The average molecular weight is 499 g/mol. The molecule has 5 rings (SSSR count). The number of fused-ring (bicyclic) bond motifs is 1. The number of piperidine rings is 1. The topological polar surface area (TPSA) is 105 Å². The van der Waals surface area contributed by atoms with Gasteiger partial charge in [0.2, 0.25) is 17.7 Å². The number of hydrogen-bond acceptors (Lipinski definition) is 6. The molecule has 2 aromatic rings. The van der Waals surface area contributed by atoms with E-state index in [4.69, 9.17) is 9.47 Å². The summed E-state index contributed by atoms with van der Waals surface area (Å²) in [6, 6.07) is 12.5. The summed E-state index contributed by atoms with van der Waals surface area (Å²) in [6.07, 6.45) is 0.533. The van der Waals surface area contributed by atoms with Crippen LogP contribution in [0.5, 0.6) is 5.75 Å². The number of amides is 4. The third kappa shape index (κ3) is 4.77. The van der Waals surface area contributed by atoms with E-state index in [1.54, 1.807) is 12.1 Å². The zero-order valence-electron chi connectivity index (χ0n) is 21.3. The number of rotatable bonds is 6. The van der Waals surface area contributed by atoms with Gasteiger partial charge in [0.15, 0.2) is 0 Å². The molecule has 2 atom stereocenters. The number of hydrogen-bond donors (Lipinski definition) is 1. The zero-order chi connectivity index (χ0) is 26.3. The number of carbonyl (C=O) groups excluding carboxylic acids is 4. The van der Waals surface area contributed by atoms with Gasteiger partial charge in [-0.3, -0.25) is 24.5 Å². The molecule has 4 amide bonds. The second-order valence-electron chi connectivity index (χ2n) is 10.4. The molecule has 2 saturated heterocycles. The van der Waals surface area contributed by atoms with Gasteiger partial charge in [-0.15, -0.1) is 0 Å². The number of morpholine rings is 1. The second-order valence-corrected chi connectivity index (χ2v) is 10.4. The first-order valence-electron chi connectivity index (χ1n) is 12.5. The smallest absolute Gasteiger partial charge is 0.255 e. The van der Waals surface area contributed by atoms with Gasteiger partial charge in [0.25, 0.3) is 5.91 Å². The van der Waals surface area contributed by atoms with Crippen molar-refractivity contribution in [1.82, 2.24) is 15.1 Å². The Labute approximate surface area is 218 Å². The molecule has 2 aromatic carbocycles. The molecule has 0 spiro atoms. The lowest BCUT2D eigenvalue weighted by atomic mass is 9.52. The van der Waals surface area contributed by atoms with Crippen molar-refractivity contribution in [1.29, 1.82) is 0 Å². The lowest BCUT2D eigenvalue weighted by Gasteiger charge is -2.47. The average Bonchev–Trinajstić information content (AvgIpc) is 3.20. The Morgan fingerprint density at radius 2 is 1.78 bits per heavy atom. The maximum Gasteiger partial charge on any atom is 0.255 e. The Morgan fingerprint density at radius 1 is 1.05 bits per heavy atom. The molecule has 3 aliphatic rings. The van der Waals surface area contributed by atoms with Gasteiger partial charge in [-0.1, -0.05) is 30.3 Å². The number of nitrogens with zero attached hydrogens (tertiary/aromatic N) is 2. The highest BCUT2D eigenvalue weighted by atomic mass is 16.5. The molecule has 37 heavy (non-hydrogen) atoms. The quantitative estimate of drug-likeness (QED) is 0.375. The van der Waals surface area contributed by atoms with Crippen molar-refractivity contribution in [2.24, 2.45) is 0 Å². The van der Waals surface area contributed by atoms with E-state index in [1.807, 2.05) is 58.8 Å². The molecule has 0 aromatic heterocycles. The van der Waals surface area contributed by atoms with E-state index >= 15 is 0 Å². The fourth-order valence-corrected chi connectivity index (χ4v) is 5.09. The van der Waals surface area contributed by atoms with E-state index in [0.29, 0.717) is 30.9 Å². The van der Waals surface area contributed by atoms with Crippen molar-refractivity contribution >= 4 is 47.2 Å². The maximum absolute atomic E-state index is 13.0. The van der Waals surface area contributed by atoms with Gasteiger partial charge in [0, 0.05) is 30.1 Å². The molecular formula is C25H28B3N3O6.